The van der Waals surface area contributed by atoms with Crippen LogP contribution in [0.3, 0.4) is 0 Å². The molecular formula is C33H33Br2F2NO5. The SMILES string of the molecule is O=C(O)c1cc(Br)ccc1F.[2H]C([2H])(O)CCCc1ccccc1.[2H]C([2H])(O)CN(Cc1ccccc1)C(=O)c1cc(Br)ccc1F. The van der Waals surface area contributed by atoms with E-state index in [-0.39, 0.29) is 24.1 Å². The van der Waals surface area contributed by atoms with Crippen molar-refractivity contribution in [2.24, 2.45) is 0 Å². The number of hydrogen-bond donors (Lipinski definition) is 3. The Labute approximate surface area is 272 Å². The number of amides is 1. The van der Waals surface area contributed by atoms with E-state index in [0.29, 0.717) is 15.4 Å². The molecule has 0 bridgehead atoms. The summed E-state index contributed by atoms with van der Waals surface area (Å²) in [7, 11) is 0. The average Bonchev–Trinajstić information content (AvgIpc) is 2.99. The summed E-state index contributed by atoms with van der Waals surface area (Å²) >= 11 is 6.22. The fourth-order valence-electron chi connectivity index (χ4n) is 3.60. The molecule has 4 rings (SSSR count). The van der Waals surface area contributed by atoms with Crippen molar-refractivity contribution in [1.82, 2.24) is 4.90 Å². The number of aliphatic hydroxyl groups is 2. The molecule has 0 fully saturated rings. The zero-order chi connectivity index (χ0) is 35.2. The lowest BCUT2D eigenvalue weighted by molar-refractivity contribution is 0.0687. The third-order valence-electron chi connectivity index (χ3n) is 5.68. The Balaban J connectivity index is 0.000000270. The molecule has 0 spiro atoms. The molecule has 0 aromatic heterocycles. The average molecular weight is 725 g/mol. The molecule has 0 heterocycles. The van der Waals surface area contributed by atoms with Crippen molar-refractivity contribution in [3.8, 4) is 0 Å². The predicted octanol–water partition coefficient (Wildman–Crippen LogP) is 7.51. The molecule has 3 N–H and O–H groups in total. The third kappa shape index (κ3) is 13.2. The number of carbonyl (C=O) groups is 2. The van der Waals surface area contributed by atoms with Crippen molar-refractivity contribution in [3.63, 3.8) is 0 Å². The smallest absolute Gasteiger partial charge is 0.338 e. The van der Waals surface area contributed by atoms with Crippen LogP contribution in [0.25, 0.3) is 0 Å². The molecule has 0 aliphatic carbocycles. The molecule has 0 aliphatic rings. The highest BCUT2D eigenvalue weighted by molar-refractivity contribution is 9.10. The van der Waals surface area contributed by atoms with Crippen molar-refractivity contribution in [2.75, 3.05) is 19.7 Å². The number of hydrogen-bond acceptors (Lipinski definition) is 4. The summed E-state index contributed by atoms with van der Waals surface area (Å²) in [6.07, 6.45) is 1.69. The normalized spacial score (nSPS) is 12.1. The van der Waals surface area contributed by atoms with Gasteiger partial charge in [-0.1, -0.05) is 92.5 Å². The fraction of sp³-hybridized carbons (Fsp3) is 0.212. The van der Waals surface area contributed by atoms with Crippen LogP contribution < -0.4 is 0 Å². The van der Waals surface area contributed by atoms with Gasteiger partial charge in [-0.2, -0.15) is 0 Å². The van der Waals surface area contributed by atoms with E-state index in [1.807, 2.05) is 36.4 Å². The van der Waals surface area contributed by atoms with E-state index in [4.69, 9.17) is 15.7 Å². The van der Waals surface area contributed by atoms with Gasteiger partial charge >= 0.3 is 5.97 Å². The number of aryl methyl sites for hydroxylation is 1. The quantitative estimate of drug-likeness (QED) is 0.157. The van der Waals surface area contributed by atoms with E-state index in [9.17, 15) is 23.5 Å². The minimum atomic E-state index is -2.58. The van der Waals surface area contributed by atoms with Crippen molar-refractivity contribution in [2.45, 2.75) is 25.8 Å². The Hall–Kier alpha value is -3.44. The maximum Gasteiger partial charge on any atom is 0.338 e. The van der Waals surface area contributed by atoms with Crippen LogP contribution in [0, 0.1) is 11.6 Å². The lowest BCUT2D eigenvalue weighted by Gasteiger charge is -2.22. The zero-order valence-corrected chi connectivity index (χ0v) is 26.1. The van der Waals surface area contributed by atoms with Crippen molar-refractivity contribution in [3.05, 3.63) is 140 Å². The lowest BCUT2D eigenvalue weighted by Crippen LogP contribution is -2.33. The Kier molecular flexibility index (Phi) is 13.6. The van der Waals surface area contributed by atoms with Crippen molar-refractivity contribution < 1.29 is 39.2 Å². The van der Waals surface area contributed by atoms with E-state index in [1.54, 1.807) is 24.3 Å². The van der Waals surface area contributed by atoms with Gasteiger partial charge in [0.15, 0.2) is 0 Å². The van der Waals surface area contributed by atoms with Crippen LogP contribution in [0.1, 0.15) is 50.2 Å². The molecule has 0 saturated heterocycles. The molecule has 10 heteroatoms. The summed E-state index contributed by atoms with van der Waals surface area (Å²) < 4.78 is 56.1. The van der Waals surface area contributed by atoms with Gasteiger partial charge in [0, 0.05) is 28.6 Å². The maximum absolute atomic E-state index is 13.9. The van der Waals surface area contributed by atoms with Crippen LogP contribution in [0.4, 0.5) is 8.78 Å². The van der Waals surface area contributed by atoms with E-state index < -0.39 is 43.2 Å². The molecule has 0 radical (unpaired) electrons. The third-order valence-corrected chi connectivity index (χ3v) is 6.67. The van der Waals surface area contributed by atoms with Gasteiger partial charge in [-0.05, 0) is 66.8 Å². The fourth-order valence-corrected chi connectivity index (χ4v) is 4.32. The number of benzene rings is 4. The monoisotopic (exact) mass is 723 g/mol. The zero-order valence-electron chi connectivity index (χ0n) is 26.9. The summed E-state index contributed by atoms with van der Waals surface area (Å²) in [5.74, 6) is -3.37. The van der Waals surface area contributed by atoms with E-state index >= 15 is 0 Å². The van der Waals surface area contributed by atoms with Gasteiger partial charge in [-0.3, -0.25) is 4.79 Å². The molecular weight excluding hydrogens is 688 g/mol. The highest BCUT2D eigenvalue weighted by Crippen LogP contribution is 2.19. The van der Waals surface area contributed by atoms with Gasteiger partial charge in [0.1, 0.15) is 11.6 Å². The topological polar surface area (TPSA) is 98.1 Å². The molecule has 0 unspecified atom stereocenters. The van der Waals surface area contributed by atoms with E-state index in [2.05, 4.69) is 31.9 Å². The Morgan fingerprint density at radius 3 is 1.72 bits per heavy atom. The molecule has 6 nitrogen and oxygen atoms in total. The Bertz CT molecular complexity index is 1590. The number of halogens is 4. The first-order valence-corrected chi connectivity index (χ1v) is 14.5. The maximum atomic E-state index is 13.9. The number of carboxylic acids is 1. The van der Waals surface area contributed by atoms with Crippen LogP contribution in [0.2, 0.25) is 0 Å². The first-order valence-electron chi connectivity index (χ1n) is 14.9. The Morgan fingerprint density at radius 2 is 1.23 bits per heavy atom. The van der Waals surface area contributed by atoms with Gasteiger partial charge in [-0.25, -0.2) is 13.6 Å². The molecule has 1 amide bonds. The first kappa shape index (κ1) is 29.6. The largest absolute Gasteiger partial charge is 0.478 e. The number of carboxylic acid groups (broad SMARTS) is 1. The Morgan fingerprint density at radius 1 is 0.721 bits per heavy atom. The van der Waals surface area contributed by atoms with Gasteiger partial charge in [0.25, 0.3) is 5.91 Å². The second-order valence-electron chi connectivity index (χ2n) is 8.86. The molecule has 4 aromatic rings. The summed E-state index contributed by atoms with van der Waals surface area (Å²) in [6.45, 7) is -5.10. The number of rotatable bonds is 10. The van der Waals surface area contributed by atoms with Crippen LogP contribution in [-0.2, 0) is 13.0 Å². The molecule has 43 heavy (non-hydrogen) atoms. The summed E-state index contributed by atoms with van der Waals surface area (Å²) in [5, 5.41) is 26.7. The van der Waals surface area contributed by atoms with Gasteiger partial charge in [-0.15, -0.1) is 0 Å². The lowest BCUT2D eigenvalue weighted by atomic mass is 10.1. The van der Waals surface area contributed by atoms with E-state index in [0.717, 1.165) is 29.0 Å². The van der Waals surface area contributed by atoms with Crippen LogP contribution in [0.15, 0.2) is 106 Å². The second-order valence-corrected chi connectivity index (χ2v) is 10.7. The summed E-state index contributed by atoms with van der Waals surface area (Å²) in [4.78, 5) is 24.0. The summed E-state index contributed by atoms with van der Waals surface area (Å²) in [5.41, 5.74) is 1.44. The number of aromatic carboxylic acids is 1. The van der Waals surface area contributed by atoms with Gasteiger partial charge < -0.3 is 20.2 Å². The van der Waals surface area contributed by atoms with Gasteiger partial charge in [0.2, 0.25) is 0 Å². The molecule has 0 saturated carbocycles. The molecule has 0 aliphatic heterocycles. The highest BCUT2D eigenvalue weighted by atomic mass is 79.9. The number of nitrogens with zero attached hydrogens (tertiary/aromatic N) is 1. The minimum Gasteiger partial charge on any atom is -0.478 e. The highest BCUT2D eigenvalue weighted by Gasteiger charge is 2.19. The predicted molar refractivity (Wildman–Crippen MR) is 170 cm³/mol. The second kappa shape index (κ2) is 19.7. The van der Waals surface area contributed by atoms with Crippen molar-refractivity contribution >= 4 is 43.7 Å². The molecule has 228 valence electrons. The minimum absolute atomic E-state index is 0.0612. The number of carbonyl (C=O) groups excluding carboxylic acids is 1. The summed E-state index contributed by atoms with van der Waals surface area (Å²) in [6, 6.07) is 26.5. The standard InChI is InChI=1S/C16H15BrFNO2.C10H14O.C7H4BrFO2/c17-13-6-7-15(18)14(10-13)16(21)19(8-9-20)11-12-4-2-1-3-5-12;11-9-5-4-8-10-6-2-1-3-7-10;8-4-1-2-6(9)5(3-4)7(10)11/h1-7,10,20H,8-9,11H2;1-3,6-7,11H,4-5,8-9H2;1-3H,(H,10,11)/i2*9D2;. The van der Waals surface area contributed by atoms with Crippen LogP contribution in [-0.4, -0.2) is 51.8 Å². The van der Waals surface area contributed by atoms with Gasteiger partial charge in [0.05, 0.1) is 23.2 Å². The molecule has 0 atom stereocenters. The van der Waals surface area contributed by atoms with E-state index in [1.165, 1.54) is 29.8 Å². The van der Waals surface area contributed by atoms with Crippen LogP contribution >= 0.6 is 31.9 Å². The van der Waals surface area contributed by atoms with Crippen LogP contribution in [0.5, 0.6) is 0 Å². The molecule has 4 aromatic carbocycles. The first-order chi connectivity index (χ1) is 21.9. The van der Waals surface area contributed by atoms with Crippen molar-refractivity contribution in [1.29, 1.82) is 0 Å².